The van der Waals surface area contributed by atoms with E-state index in [0.717, 1.165) is 15.5 Å². The molecule has 0 atom stereocenters. The van der Waals surface area contributed by atoms with E-state index in [1.165, 1.54) is 49.4 Å². The lowest BCUT2D eigenvalue weighted by Gasteiger charge is -2.14. The average molecular weight is 487 g/mol. The molecule has 0 aliphatic rings. The van der Waals surface area contributed by atoms with Gasteiger partial charge in [0.1, 0.15) is 0 Å². The lowest BCUT2D eigenvalue weighted by atomic mass is 10.0. The van der Waals surface area contributed by atoms with Gasteiger partial charge in [-0.1, -0.05) is 82.7 Å². The van der Waals surface area contributed by atoms with Crippen molar-refractivity contribution in [2.24, 2.45) is 0 Å². The van der Waals surface area contributed by atoms with E-state index >= 15 is 0 Å². The Kier molecular flexibility index (Phi) is 4.02. The fourth-order valence-corrected chi connectivity index (χ4v) is 5.57. The fraction of sp³-hybridized carbons (Fsp3) is 0. The first-order valence-corrected chi connectivity index (χ1v) is 11.9. The number of hydrogen-bond donors (Lipinski definition) is 1. The first kappa shape index (κ1) is 18.7. The van der Waals surface area contributed by atoms with Crippen LogP contribution >= 0.6 is 15.9 Å². The molecule has 0 radical (unpaired) electrons. The lowest BCUT2D eigenvalue weighted by Crippen LogP contribution is -1.96. The third-order valence-electron chi connectivity index (χ3n) is 6.59. The number of fused-ring (bicyclic) bond motifs is 7. The second kappa shape index (κ2) is 7.09. The SMILES string of the molecule is Brc1ccc2[nH]c3ccc4c(c5ccccc5n4-c4ccccc4-c4ccccc4)c3c2c1. The highest BCUT2D eigenvalue weighted by atomic mass is 79.9. The highest BCUT2D eigenvalue weighted by Crippen LogP contribution is 2.41. The largest absolute Gasteiger partial charge is 0.354 e. The molecular weight excluding hydrogens is 468 g/mol. The van der Waals surface area contributed by atoms with E-state index in [4.69, 9.17) is 0 Å². The van der Waals surface area contributed by atoms with Gasteiger partial charge in [-0.25, -0.2) is 0 Å². The van der Waals surface area contributed by atoms with Gasteiger partial charge in [0.2, 0.25) is 0 Å². The van der Waals surface area contributed by atoms with Crippen molar-refractivity contribution in [3.05, 3.63) is 114 Å². The molecule has 5 aromatic carbocycles. The second-order valence-electron chi connectivity index (χ2n) is 8.43. The molecule has 3 heteroatoms. The topological polar surface area (TPSA) is 20.7 Å². The van der Waals surface area contributed by atoms with E-state index in [2.05, 4.69) is 135 Å². The maximum atomic E-state index is 3.67. The molecule has 0 amide bonds. The van der Waals surface area contributed by atoms with Gasteiger partial charge in [-0.3, -0.25) is 0 Å². The van der Waals surface area contributed by atoms with Crippen LogP contribution in [0.5, 0.6) is 0 Å². The summed E-state index contributed by atoms with van der Waals surface area (Å²) in [5.74, 6) is 0. The zero-order valence-corrected chi connectivity index (χ0v) is 19.3. The Bertz CT molecular complexity index is 1820. The lowest BCUT2D eigenvalue weighted by molar-refractivity contribution is 1.18. The summed E-state index contributed by atoms with van der Waals surface area (Å²) in [7, 11) is 0. The van der Waals surface area contributed by atoms with Crippen LogP contribution in [0.15, 0.2) is 114 Å². The predicted molar refractivity (Wildman–Crippen MR) is 143 cm³/mol. The normalized spacial score (nSPS) is 11.8. The first-order valence-electron chi connectivity index (χ1n) is 11.1. The molecule has 7 aromatic rings. The second-order valence-corrected chi connectivity index (χ2v) is 9.35. The summed E-state index contributed by atoms with van der Waals surface area (Å²) in [5.41, 5.74) is 8.38. The highest BCUT2D eigenvalue weighted by molar-refractivity contribution is 9.10. The number of halogens is 1. The molecule has 0 spiro atoms. The zero-order chi connectivity index (χ0) is 21.9. The molecule has 0 fully saturated rings. The van der Waals surface area contributed by atoms with E-state index in [9.17, 15) is 0 Å². The van der Waals surface area contributed by atoms with Crippen molar-refractivity contribution in [3.63, 3.8) is 0 Å². The zero-order valence-electron chi connectivity index (χ0n) is 17.7. The van der Waals surface area contributed by atoms with Crippen molar-refractivity contribution in [1.29, 1.82) is 0 Å². The van der Waals surface area contributed by atoms with Gasteiger partial charge in [-0.05, 0) is 48.0 Å². The Balaban J connectivity index is 1.68. The van der Waals surface area contributed by atoms with Crippen LogP contribution in [0.4, 0.5) is 0 Å². The molecule has 0 unspecified atom stereocenters. The molecule has 7 rings (SSSR count). The van der Waals surface area contributed by atoms with Crippen LogP contribution in [-0.2, 0) is 0 Å². The molecule has 0 bridgehead atoms. The van der Waals surface area contributed by atoms with Crippen molar-refractivity contribution in [2.75, 3.05) is 0 Å². The quantitative estimate of drug-likeness (QED) is 0.252. The van der Waals surface area contributed by atoms with Crippen molar-refractivity contribution in [3.8, 4) is 16.8 Å². The standard InChI is InChI=1S/C30H19BrN2/c31-20-14-15-24-23(18-20)29-25(32-24)16-17-28-30(29)22-11-5-7-13-27(22)33(28)26-12-6-4-10-21(26)19-8-2-1-3-9-19/h1-18,32H. The number of H-pyrrole nitrogens is 1. The van der Waals surface area contributed by atoms with E-state index < -0.39 is 0 Å². The number of benzene rings is 5. The minimum atomic E-state index is 1.09. The van der Waals surface area contributed by atoms with Crippen LogP contribution in [0.2, 0.25) is 0 Å². The number of hydrogen-bond acceptors (Lipinski definition) is 0. The van der Waals surface area contributed by atoms with Crippen LogP contribution in [0.1, 0.15) is 0 Å². The van der Waals surface area contributed by atoms with Gasteiger partial charge in [0.25, 0.3) is 0 Å². The molecule has 156 valence electrons. The number of aromatic nitrogens is 2. The van der Waals surface area contributed by atoms with Crippen molar-refractivity contribution in [2.45, 2.75) is 0 Å². The molecule has 0 saturated heterocycles. The number of rotatable bonds is 2. The Morgan fingerprint density at radius 3 is 2.24 bits per heavy atom. The molecule has 33 heavy (non-hydrogen) atoms. The third kappa shape index (κ3) is 2.73. The molecular formula is C30H19BrN2. The monoisotopic (exact) mass is 486 g/mol. The van der Waals surface area contributed by atoms with Gasteiger partial charge in [0.05, 0.1) is 16.7 Å². The minimum Gasteiger partial charge on any atom is -0.354 e. The number of nitrogens with one attached hydrogen (secondary N) is 1. The smallest absolute Gasteiger partial charge is 0.0549 e. The van der Waals surface area contributed by atoms with Crippen LogP contribution < -0.4 is 0 Å². The van der Waals surface area contributed by atoms with Crippen LogP contribution in [0, 0.1) is 0 Å². The van der Waals surface area contributed by atoms with Crippen LogP contribution in [0.25, 0.3) is 60.4 Å². The Hall–Kier alpha value is -3.82. The first-order chi connectivity index (χ1) is 16.3. The number of nitrogens with zero attached hydrogens (tertiary/aromatic N) is 1. The average Bonchev–Trinajstić information content (AvgIpc) is 3.39. The van der Waals surface area contributed by atoms with E-state index in [1.807, 2.05) is 0 Å². The Labute approximate surface area is 199 Å². The molecule has 0 aliphatic carbocycles. The number of para-hydroxylation sites is 2. The summed E-state index contributed by atoms with van der Waals surface area (Å²) in [4.78, 5) is 3.62. The molecule has 2 heterocycles. The summed E-state index contributed by atoms with van der Waals surface area (Å²) in [5, 5.41) is 5.07. The third-order valence-corrected chi connectivity index (χ3v) is 7.08. The van der Waals surface area contributed by atoms with E-state index in [1.54, 1.807) is 0 Å². The van der Waals surface area contributed by atoms with Crippen LogP contribution in [-0.4, -0.2) is 9.55 Å². The van der Waals surface area contributed by atoms with Crippen molar-refractivity contribution in [1.82, 2.24) is 9.55 Å². The maximum Gasteiger partial charge on any atom is 0.0549 e. The molecule has 0 saturated carbocycles. The predicted octanol–water partition coefficient (Wildman–Crippen LogP) is 8.85. The molecule has 0 aliphatic heterocycles. The van der Waals surface area contributed by atoms with Crippen LogP contribution in [0.3, 0.4) is 0 Å². The summed E-state index contributed by atoms with van der Waals surface area (Å²) >= 11 is 3.67. The van der Waals surface area contributed by atoms with Gasteiger partial charge in [-0.15, -0.1) is 0 Å². The van der Waals surface area contributed by atoms with Crippen molar-refractivity contribution >= 4 is 59.5 Å². The molecule has 2 aromatic heterocycles. The molecule has 2 nitrogen and oxygen atoms in total. The maximum absolute atomic E-state index is 3.67. The fourth-order valence-electron chi connectivity index (χ4n) is 5.21. The van der Waals surface area contributed by atoms with E-state index in [-0.39, 0.29) is 0 Å². The summed E-state index contributed by atoms with van der Waals surface area (Å²) < 4.78 is 3.51. The van der Waals surface area contributed by atoms with Gasteiger partial charge < -0.3 is 9.55 Å². The molecule has 1 N–H and O–H groups in total. The van der Waals surface area contributed by atoms with Crippen molar-refractivity contribution < 1.29 is 0 Å². The van der Waals surface area contributed by atoms with Gasteiger partial charge >= 0.3 is 0 Å². The van der Waals surface area contributed by atoms with Gasteiger partial charge in [-0.2, -0.15) is 0 Å². The minimum absolute atomic E-state index is 1.09. The highest BCUT2D eigenvalue weighted by Gasteiger charge is 2.19. The summed E-state index contributed by atoms with van der Waals surface area (Å²) in [6, 6.07) is 39.0. The summed E-state index contributed by atoms with van der Waals surface area (Å²) in [6.45, 7) is 0. The Morgan fingerprint density at radius 2 is 1.33 bits per heavy atom. The van der Waals surface area contributed by atoms with Gasteiger partial charge in [0, 0.05) is 42.6 Å². The van der Waals surface area contributed by atoms with Gasteiger partial charge in [0.15, 0.2) is 0 Å². The Morgan fingerprint density at radius 1 is 0.576 bits per heavy atom. The van der Waals surface area contributed by atoms with E-state index in [0.29, 0.717) is 0 Å². The summed E-state index contributed by atoms with van der Waals surface area (Å²) in [6.07, 6.45) is 0. The number of aromatic amines is 1.